The SMILES string of the molecule is CSc1cc2c(cc1NCC(=O)Nc1ccc(C)cc1Cl)OCCO2. The number of carbonyl (C=O) groups excluding carboxylic acids is 1. The molecule has 0 aromatic heterocycles. The monoisotopic (exact) mass is 378 g/mol. The zero-order valence-electron chi connectivity index (χ0n) is 14.0. The van der Waals surface area contributed by atoms with E-state index in [4.69, 9.17) is 21.1 Å². The summed E-state index contributed by atoms with van der Waals surface area (Å²) in [5.74, 6) is 1.25. The maximum atomic E-state index is 12.2. The third kappa shape index (κ3) is 4.32. The van der Waals surface area contributed by atoms with Crippen molar-refractivity contribution in [3.05, 3.63) is 40.9 Å². The number of fused-ring (bicyclic) bond motifs is 1. The smallest absolute Gasteiger partial charge is 0.243 e. The number of anilines is 2. The molecule has 3 rings (SSSR count). The lowest BCUT2D eigenvalue weighted by atomic mass is 10.2. The molecule has 2 N–H and O–H groups in total. The van der Waals surface area contributed by atoms with Crippen LogP contribution in [0, 0.1) is 6.92 Å². The molecule has 0 radical (unpaired) electrons. The molecule has 0 unspecified atom stereocenters. The van der Waals surface area contributed by atoms with Crippen molar-refractivity contribution in [1.29, 1.82) is 0 Å². The molecule has 0 aliphatic carbocycles. The molecule has 1 aliphatic rings. The number of carbonyl (C=O) groups is 1. The highest BCUT2D eigenvalue weighted by Crippen LogP contribution is 2.39. The van der Waals surface area contributed by atoms with Gasteiger partial charge in [0.05, 0.1) is 22.9 Å². The van der Waals surface area contributed by atoms with Gasteiger partial charge in [0.1, 0.15) is 13.2 Å². The Morgan fingerprint density at radius 3 is 2.56 bits per heavy atom. The summed E-state index contributed by atoms with van der Waals surface area (Å²) < 4.78 is 11.2. The Bertz CT molecular complexity index is 798. The van der Waals surface area contributed by atoms with Gasteiger partial charge in [0.15, 0.2) is 11.5 Å². The number of rotatable bonds is 5. The quantitative estimate of drug-likeness (QED) is 0.764. The van der Waals surface area contributed by atoms with Crippen LogP contribution in [-0.4, -0.2) is 31.9 Å². The molecule has 0 saturated carbocycles. The van der Waals surface area contributed by atoms with Crippen LogP contribution in [0.15, 0.2) is 35.2 Å². The third-order valence-corrected chi connectivity index (χ3v) is 4.79. The highest BCUT2D eigenvalue weighted by atomic mass is 35.5. The Kier molecular flexibility index (Phi) is 5.60. The first-order valence-corrected chi connectivity index (χ1v) is 9.44. The van der Waals surface area contributed by atoms with Crippen LogP contribution in [0.4, 0.5) is 11.4 Å². The van der Waals surface area contributed by atoms with Gasteiger partial charge in [-0.25, -0.2) is 0 Å². The molecule has 0 bridgehead atoms. The van der Waals surface area contributed by atoms with E-state index in [2.05, 4.69) is 10.6 Å². The fourth-order valence-corrected chi connectivity index (χ4v) is 3.33. The Hall–Kier alpha value is -2.05. The minimum atomic E-state index is -0.173. The second kappa shape index (κ2) is 7.89. The third-order valence-electron chi connectivity index (χ3n) is 3.70. The Labute approximate surface area is 156 Å². The number of thioether (sulfide) groups is 1. The maximum absolute atomic E-state index is 12.2. The molecular formula is C18H19ClN2O3S. The summed E-state index contributed by atoms with van der Waals surface area (Å²) in [7, 11) is 0. The van der Waals surface area contributed by atoms with Crippen molar-refractivity contribution >= 4 is 40.6 Å². The molecule has 1 heterocycles. The van der Waals surface area contributed by atoms with Crippen molar-refractivity contribution in [1.82, 2.24) is 0 Å². The summed E-state index contributed by atoms with van der Waals surface area (Å²) >= 11 is 7.73. The summed E-state index contributed by atoms with van der Waals surface area (Å²) in [4.78, 5) is 13.2. The standard InChI is InChI=1S/C18H19ClN2O3S/c1-11-3-4-13(12(19)7-11)21-18(22)10-20-14-8-15-16(9-17(14)25-2)24-6-5-23-15/h3-4,7-9,20H,5-6,10H2,1-2H3,(H,21,22). The molecule has 1 aliphatic heterocycles. The molecule has 5 nitrogen and oxygen atoms in total. The van der Waals surface area contributed by atoms with Gasteiger partial charge in [0.2, 0.25) is 5.91 Å². The van der Waals surface area contributed by atoms with Gasteiger partial charge in [-0.1, -0.05) is 17.7 Å². The van der Waals surface area contributed by atoms with Gasteiger partial charge in [-0.15, -0.1) is 11.8 Å². The molecule has 2 aromatic carbocycles. The van der Waals surface area contributed by atoms with Crippen LogP contribution in [0.2, 0.25) is 5.02 Å². The number of nitrogens with one attached hydrogen (secondary N) is 2. The summed E-state index contributed by atoms with van der Waals surface area (Å²) in [6, 6.07) is 9.31. The summed E-state index contributed by atoms with van der Waals surface area (Å²) in [6.07, 6.45) is 1.97. The van der Waals surface area contributed by atoms with Crippen molar-refractivity contribution in [3.8, 4) is 11.5 Å². The number of aryl methyl sites for hydroxylation is 1. The first-order chi connectivity index (χ1) is 12.1. The predicted molar refractivity (Wildman–Crippen MR) is 103 cm³/mol. The van der Waals surface area contributed by atoms with Crippen LogP contribution in [-0.2, 0) is 4.79 Å². The summed E-state index contributed by atoms with van der Waals surface area (Å²) in [5.41, 5.74) is 2.48. The molecular weight excluding hydrogens is 360 g/mol. The molecule has 0 atom stereocenters. The van der Waals surface area contributed by atoms with E-state index in [-0.39, 0.29) is 12.5 Å². The van der Waals surface area contributed by atoms with E-state index in [9.17, 15) is 4.79 Å². The number of amides is 1. The number of ether oxygens (including phenoxy) is 2. The topological polar surface area (TPSA) is 59.6 Å². The van der Waals surface area contributed by atoms with Gasteiger partial charge >= 0.3 is 0 Å². The van der Waals surface area contributed by atoms with Gasteiger partial charge in [0.25, 0.3) is 0 Å². The molecule has 2 aromatic rings. The molecule has 1 amide bonds. The normalized spacial score (nSPS) is 12.6. The predicted octanol–water partition coefficient (Wildman–Crippen LogP) is 4.19. The lowest BCUT2D eigenvalue weighted by molar-refractivity contribution is -0.114. The zero-order chi connectivity index (χ0) is 17.8. The van der Waals surface area contributed by atoms with E-state index in [0.29, 0.717) is 29.7 Å². The van der Waals surface area contributed by atoms with E-state index in [1.807, 2.05) is 37.4 Å². The number of hydrogen-bond acceptors (Lipinski definition) is 5. The van der Waals surface area contributed by atoms with Crippen LogP contribution in [0.25, 0.3) is 0 Å². The highest BCUT2D eigenvalue weighted by Gasteiger charge is 2.16. The van der Waals surface area contributed by atoms with Crippen molar-refractivity contribution in [2.24, 2.45) is 0 Å². The van der Waals surface area contributed by atoms with E-state index in [0.717, 1.165) is 21.9 Å². The van der Waals surface area contributed by atoms with Crippen LogP contribution in [0.5, 0.6) is 11.5 Å². The maximum Gasteiger partial charge on any atom is 0.243 e. The number of halogens is 1. The highest BCUT2D eigenvalue weighted by molar-refractivity contribution is 7.98. The molecule has 0 spiro atoms. The van der Waals surface area contributed by atoms with Crippen LogP contribution < -0.4 is 20.1 Å². The average Bonchev–Trinajstić information content (AvgIpc) is 2.61. The second-order valence-corrected chi connectivity index (χ2v) is 6.84. The van der Waals surface area contributed by atoms with Crippen molar-refractivity contribution < 1.29 is 14.3 Å². The fraction of sp³-hybridized carbons (Fsp3) is 0.278. The average molecular weight is 379 g/mol. The van der Waals surface area contributed by atoms with Gasteiger partial charge < -0.3 is 20.1 Å². The summed E-state index contributed by atoms with van der Waals surface area (Å²) in [6.45, 7) is 3.15. The fourth-order valence-electron chi connectivity index (χ4n) is 2.47. The van der Waals surface area contributed by atoms with E-state index in [1.165, 1.54) is 0 Å². The molecule has 7 heteroatoms. The Morgan fingerprint density at radius 1 is 1.16 bits per heavy atom. The van der Waals surface area contributed by atoms with Crippen molar-refractivity contribution in [2.45, 2.75) is 11.8 Å². The van der Waals surface area contributed by atoms with Gasteiger partial charge in [-0.2, -0.15) is 0 Å². The second-order valence-electron chi connectivity index (χ2n) is 5.58. The van der Waals surface area contributed by atoms with Crippen LogP contribution in [0.1, 0.15) is 5.56 Å². The molecule has 25 heavy (non-hydrogen) atoms. The van der Waals surface area contributed by atoms with Gasteiger partial charge in [-0.05, 0) is 36.9 Å². The van der Waals surface area contributed by atoms with Gasteiger partial charge in [-0.3, -0.25) is 4.79 Å². The first-order valence-electron chi connectivity index (χ1n) is 7.84. The van der Waals surface area contributed by atoms with E-state index < -0.39 is 0 Å². The number of hydrogen-bond donors (Lipinski definition) is 2. The van der Waals surface area contributed by atoms with E-state index >= 15 is 0 Å². The molecule has 0 saturated heterocycles. The summed E-state index contributed by atoms with van der Waals surface area (Å²) in [5, 5.41) is 6.49. The largest absolute Gasteiger partial charge is 0.486 e. The zero-order valence-corrected chi connectivity index (χ0v) is 15.6. The van der Waals surface area contributed by atoms with Crippen LogP contribution >= 0.6 is 23.4 Å². The minimum Gasteiger partial charge on any atom is -0.486 e. The first kappa shape index (κ1) is 17.8. The lowest BCUT2D eigenvalue weighted by Gasteiger charge is -2.21. The Morgan fingerprint density at radius 2 is 1.88 bits per heavy atom. The van der Waals surface area contributed by atoms with Crippen molar-refractivity contribution in [2.75, 3.05) is 36.6 Å². The molecule has 0 fully saturated rings. The van der Waals surface area contributed by atoms with Crippen molar-refractivity contribution in [3.63, 3.8) is 0 Å². The molecule has 132 valence electrons. The minimum absolute atomic E-state index is 0.122. The van der Waals surface area contributed by atoms with Gasteiger partial charge in [0, 0.05) is 11.0 Å². The Balaban J connectivity index is 1.67. The number of benzene rings is 2. The lowest BCUT2D eigenvalue weighted by Crippen LogP contribution is -2.22. The van der Waals surface area contributed by atoms with E-state index in [1.54, 1.807) is 17.8 Å². The van der Waals surface area contributed by atoms with Crippen LogP contribution in [0.3, 0.4) is 0 Å².